The first-order chi connectivity index (χ1) is 9.19. The van der Waals surface area contributed by atoms with Crippen LogP contribution in [-0.4, -0.2) is 18.5 Å². The van der Waals surface area contributed by atoms with E-state index in [9.17, 15) is 4.79 Å². The van der Waals surface area contributed by atoms with Crippen LogP contribution in [0.1, 0.15) is 37.8 Å². The standard InChI is InChI=1S/C15H21N3O/c1-3-14(4-2)18-15(19)11-17-10-13-7-5-6-12(8-13)9-16/h5-8,14,17H,3-4,10-11H2,1-2H3,(H,18,19). The second kappa shape index (κ2) is 8.28. The Hall–Kier alpha value is -1.86. The molecule has 0 radical (unpaired) electrons. The predicted molar refractivity (Wildman–Crippen MR) is 75.4 cm³/mol. The van der Waals surface area contributed by atoms with Crippen LogP contribution in [0.2, 0.25) is 0 Å². The quantitative estimate of drug-likeness (QED) is 0.786. The number of benzene rings is 1. The minimum Gasteiger partial charge on any atom is -0.352 e. The molecule has 4 heteroatoms. The van der Waals surface area contributed by atoms with Gasteiger partial charge in [0.1, 0.15) is 0 Å². The molecule has 0 heterocycles. The monoisotopic (exact) mass is 259 g/mol. The van der Waals surface area contributed by atoms with Gasteiger partial charge in [0.05, 0.1) is 18.2 Å². The SMILES string of the molecule is CCC(CC)NC(=O)CNCc1cccc(C#N)c1. The van der Waals surface area contributed by atoms with Crippen LogP contribution in [0.4, 0.5) is 0 Å². The third-order valence-corrected chi connectivity index (χ3v) is 3.02. The number of rotatable bonds is 7. The third-order valence-electron chi connectivity index (χ3n) is 3.02. The highest BCUT2D eigenvalue weighted by atomic mass is 16.1. The van der Waals surface area contributed by atoms with Crippen LogP contribution in [0, 0.1) is 11.3 Å². The van der Waals surface area contributed by atoms with E-state index in [4.69, 9.17) is 5.26 Å². The Morgan fingerprint density at radius 1 is 1.37 bits per heavy atom. The molecule has 0 saturated heterocycles. The third kappa shape index (κ3) is 5.54. The van der Waals surface area contributed by atoms with E-state index in [0.717, 1.165) is 18.4 Å². The number of nitrogens with one attached hydrogen (secondary N) is 2. The van der Waals surface area contributed by atoms with Crippen LogP contribution in [0.5, 0.6) is 0 Å². The van der Waals surface area contributed by atoms with Gasteiger partial charge in [0.25, 0.3) is 0 Å². The van der Waals surface area contributed by atoms with Gasteiger partial charge in [0, 0.05) is 12.6 Å². The molecular weight excluding hydrogens is 238 g/mol. The second-order valence-electron chi connectivity index (χ2n) is 4.50. The summed E-state index contributed by atoms with van der Waals surface area (Å²) in [4.78, 5) is 11.7. The summed E-state index contributed by atoms with van der Waals surface area (Å²) in [5, 5.41) is 14.9. The van der Waals surface area contributed by atoms with Crippen LogP contribution in [0.3, 0.4) is 0 Å². The van der Waals surface area contributed by atoms with E-state index < -0.39 is 0 Å². The van der Waals surface area contributed by atoms with Crippen molar-refractivity contribution < 1.29 is 4.79 Å². The van der Waals surface area contributed by atoms with Crippen molar-refractivity contribution in [1.82, 2.24) is 10.6 Å². The van der Waals surface area contributed by atoms with Crippen molar-refractivity contribution in [3.8, 4) is 6.07 Å². The Balaban J connectivity index is 2.33. The molecule has 1 rings (SSSR count). The van der Waals surface area contributed by atoms with Gasteiger partial charge >= 0.3 is 0 Å². The zero-order valence-corrected chi connectivity index (χ0v) is 11.6. The lowest BCUT2D eigenvalue weighted by Crippen LogP contribution is -2.39. The Bertz CT molecular complexity index is 447. The van der Waals surface area contributed by atoms with Gasteiger partial charge in [-0.05, 0) is 30.5 Å². The van der Waals surface area contributed by atoms with E-state index in [1.54, 1.807) is 6.07 Å². The van der Waals surface area contributed by atoms with Gasteiger partial charge in [-0.1, -0.05) is 26.0 Å². The lowest BCUT2D eigenvalue weighted by molar-refractivity contribution is -0.121. The molecule has 1 aromatic rings. The molecule has 4 nitrogen and oxygen atoms in total. The number of nitrogens with zero attached hydrogens (tertiary/aromatic N) is 1. The Morgan fingerprint density at radius 3 is 2.74 bits per heavy atom. The van der Waals surface area contributed by atoms with Gasteiger partial charge in [-0.25, -0.2) is 0 Å². The summed E-state index contributed by atoms with van der Waals surface area (Å²) in [5.41, 5.74) is 1.65. The van der Waals surface area contributed by atoms with Gasteiger partial charge in [-0.2, -0.15) is 5.26 Å². The average Bonchev–Trinajstić information content (AvgIpc) is 2.45. The van der Waals surface area contributed by atoms with E-state index in [2.05, 4.69) is 30.6 Å². The van der Waals surface area contributed by atoms with Crippen LogP contribution in [-0.2, 0) is 11.3 Å². The molecule has 0 aliphatic rings. The highest BCUT2D eigenvalue weighted by molar-refractivity contribution is 5.78. The van der Waals surface area contributed by atoms with E-state index in [-0.39, 0.29) is 11.9 Å². The highest BCUT2D eigenvalue weighted by Gasteiger charge is 2.07. The predicted octanol–water partition coefficient (Wildman–Crippen LogP) is 1.95. The first-order valence-corrected chi connectivity index (χ1v) is 6.68. The molecule has 19 heavy (non-hydrogen) atoms. The molecule has 0 saturated carbocycles. The summed E-state index contributed by atoms with van der Waals surface area (Å²) in [6.45, 7) is 5.02. The van der Waals surface area contributed by atoms with Gasteiger partial charge in [-0.3, -0.25) is 4.79 Å². The molecule has 0 aliphatic heterocycles. The Kier molecular flexibility index (Phi) is 6.62. The molecule has 0 atom stereocenters. The summed E-state index contributed by atoms with van der Waals surface area (Å²) in [7, 11) is 0. The molecule has 2 N–H and O–H groups in total. The van der Waals surface area contributed by atoms with E-state index >= 15 is 0 Å². The molecule has 0 unspecified atom stereocenters. The fourth-order valence-electron chi connectivity index (χ4n) is 1.84. The molecule has 0 aromatic heterocycles. The van der Waals surface area contributed by atoms with Crippen LogP contribution < -0.4 is 10.6 Å². The van der Waals surface area contributed by atoms with Crippen molar-refractivity contribution >= 4 is 5.91 Å². The maximum atomic E-state index is 11.7. The molecule has 0 fully saturated rings. The lowest BCUT2D eigenvalue weighted by atomic mass is 10.1. The summed E-state index contributed by atoms with van der Waals surface area (Å²) in [5.74, 6) is 0.0186. The van der Waals surface area contributed by atoms with Crippen molar-refractivity contribution in [3.63, 3.8) is 0 Å². The van der Waals surface area contributed by atoms with Crippen molar-refractivity contribution in [2.45, 2.75) is 39.3 Å². The van der Waals surface area contributed by atoms with Gasteiger partial charge in [0.15, 0.2) is 0 Å². The number of hydrogen-bond acceptors (Lipinski definition) is 3. The molecule has 1 aromatic carbocycles. The summed E-state index contributed by atoms with van der Waals surface area (Å²) >= 11 is 0. The normalized spacial score (nSPS) is 10.2. The zero-order chi connectivity index (χ0) is 14.1. The minimum atomic E-state index is 0.0186. The van der Waals surface area contributed by atoms with Gasteiger partial charge in [-0.15, -0.1) is 0 Å². The number of hydrogen-bond donors (Lipinski definition) is 2. The topological polar surface area (TPSA) is 64.9 Å². The number of amides is 1. The van der Waals surface area contributed by atoms with Crippen molar-refractivity contribution in [2.24, 2.45) is 0 Å². The first-order valence-electron chi connectivity index (χ1n) is 6.68. The molecule has 0 bridgehead atoms. The fraction of sp³-hybridized carbons (Fsp3) is 0.467. The maximum absolute atomic E-state index is 11.7. The average molecular weight is 259 g/mol. The summed E-state index contributed by atoms with van der Waals surface area (Å²) < 4.78 is 0. The first kappa shape index (κ1) is 15.2. The molecule has 1 amide bonds. The summed E-state index contributed by atoms with van der Waals surface area (Å²) in [6.07, 6.45) is 1.90. The molecule has 0 aliphatic carbocycles. The number of nitriles is 1. The Morgan fingerprint density at radius 2 is 2.11 bits per heavy atom. The van der Waals surface area contributed by atoms with Crippen molar-refractivity contribution in [1.29, 1.82) is 5.26 Å². The van der Waals surface area contributed by atoms with Gasteiger partial charge in [0.2, 0.25) is 5.91 Å². The lowest BCUT2D eigenvalue weighted by Gasteiger charge is -2.14. The number of carbonyl (C=O) groups is 1. The van der Waals surface area contributed by atoms with Crippen molar-refractivity contribution in [3.05, 3.63) is 35.4 Å². The smallest absolute Gasteiger partial charge is 0.234 e. The zero-order valence-electron chi connectivity index (χ0n) is 11.6. The van der Waals surface area contributed by atoms with Crippen LogP contribution in [0.15, 0.2) is 24.3 Å². The Labute approximate surface area is 114 Å². The number of carbonyl (C=O) groups excluding carboxylic acids is 1. The second-order valence-corrected chi connectivity index (χ2v) is 4.50. The van der Waals surface area contributed by atoms with Gasteiger partial charge < -0.3 is 10.6 Å². The summed E-state index contributed by atoms with van der Waals surface area (Å²) in [6, 6.07) is 9.74. The minimum absolute atomic E-state index is 0.0186. The maximum Gasteiger partial charge on any atom is 0.234 e. The van der Waals surface area contributed by atoms with E-state index in [1.165, 1.54) is 0 Å². The van der Waals surface area contributed by atoms with Crippen LogP contribution in [0.25, 0.3) is 0 Å². The molecule has 102 valence electrons. The largest absolute Gasteiger partial charge is 0.352 e. The van der Waals surface area contributed by atoms with Crippen LogP contribution >= 0.6 is 0 Å². The fourth-order valence-corrected chi connectivity index (χ4v) is 1.84. The van der Waals surface area contributed by atoms with E-state index in [0.29, 0.717) is 18.7 Å². The molecule has 0 spiro atoms. The molecular formula is C15H21N3O. The van der Waals surface area contributed by atoms with Crippen molar-refractivity contribution in [2.75, 3.05) is 6.54 Å². The highest BCUT2D eigenvalue weighted by Crippen LogP contribution is 2.03. The van der Waals surface area contributed by atoms with E-state index in [1.807, 2.05) is 18.2 Å².